The summed E-state index contributed by atoms with van der Waals surface area (Å²) in [4.78, 5) is 23.2. The lowest BCUT2D eigenvalue weighted by atomic mass is 10.1. The number of urea groups is 1. The van der Waals surface area contributed by atoms with Crippen molar-refractivity contribution in [1.29, 1.82) is 0 Å². The number of para-hydroxylation sites is 1. The molecule has 1 aromatic rings. The van der Waals surface area contributed by atoms with Crippen molar-refractivity contribution >= 4 is 17.7 Å². The minimum absolute atomic E-state index is 0.325. The first-order valence-corrected chi connectivity index (χ1v) is 5.38. The van der Waals surface area contributed by atoms with Gasteiger partial charge in [0, 0.05) is 14.1 Å². The quantitative estimate of drug-likeness (QED) is 0.629. The van der Waals surface area contributed by atoms with Crippen molar-refractivity contribution in [3.05, 3.63) is 29.3 Å². The van der Waals surface area contributed by atoms with E-state index in [1.165, 1.54) is 12.1 Å². The predicted octanol–water partition coefficient (Wildman–Crippen LogP) is 1.38. The molecule has 0 saturated heterocycles. The minimum Gasteiger partial charge on any atom is -0.465 e. The molecule has 0 aliphatic carbocycles. The number of hydrogen-bond donors (Lipinski definition) is 2. The monoisotopic (exact) mass is 251 g/mol. The highest BCUT2D eigenvalue weighted by Crippen LogP contribution is 2.21. The summed E-state index contributed by atoms with van der Waals surface area (Å²) in [5.74, 6) is -0.487. The molecule has 0 aliphatic rings. The number of methoxy groups -OCH3 is 1. The predicted molar refractivity (Wildman–Crippen MR) is 68.4 cm³/mol. The summed E-state index contributed by atoms with van der Waals surface area (Å²) in [7, 11) is 4.69. The van der Waals surface area contributed by atoms with Gasteiger partial charge in [-0.15, -0.1) is 0 Å². The zero-order valence-electron chi connectivity index (χ0n) is 10.9. The highest BCUT2D eigenvalue weighted by Gasteiger charge is 2.15. The Labute approximate surface area is 106 Å². The molecule has 0 unspecified atom stereocenters. The molecule has 6 heteroatoms. The summed E-state index contributed by atoms with van der Waals surface area (Å²) in [6.45, 7) is 1.80. The Hall–Kier alpha value is -2.08. The van der Waals surface area contributed by atoms with Gasteiger partial charge in [-0.3, -0.25) is 5.43 Å². The first-order valence-electron chi connectivity index (χ1n) is 5.38. The van der Waals surface area contributed by atoms with Crippen LogP contribution in [-0.4, -0.2) is 38.2 Å². The number of hydrazine groups is 1. The van der Waals surface area contributed by atoms with Crippen molar-refractivity contribution in [3.63, 3.8) is 0 Å². The zero-order valence-corrected chi connectivity index (χ0v) is 10.9. The number of nitrogens with zero attached hydrogens (tertiary/aromatic N) is 1. The van der Waals surface area contributed by atoms with Crippen LogP contribution in [0.5, 0.6) is 0 Å². The lowest BCUT2D eigenvalue weighted by molar-refractivity contribution is 0.0602. The van der Waals surface area contributed by atoms with Crippen LogP contribution in [0.2, 0.25) is 0 Å². The second-order valence-corrected chi connectivity index (χ2v) is 3.95. The fourth-order valence-electron chi connectivity index (χ4n) is 1.46. The smallest absolute Gasteiger partial charge is 0.339 e. The Balaban J connectivity index is 3.00. The van der Waals surface area contributed by atoms with E-state index in [1.54, 1.807) is 39.2 Å². The van der Waals surface area contributed by atoms with Crippen molar-refractivity contribution < 1.29 is 14.3 Å². The van der Waals surface area contributed by atoms with E-state index in [9.17, 15) is 9.59 Å². The molecule has 0 heterocycles. The van der Waals surface area contributed by atoms with Gasteiger partial charge in [0.15, 0.2) is 0 Å². The molecule has 0 atom stereocenters. The highest BCUT2D eigenvalue weighted by atomic mass is 16.5. The van der Waals surface area contributed by atoms with Crippen molar-refractivity contribution in [3.8, 4) is 0 Å². The van der Waals surface area contributed by atoms with Gasteiger partial charge in [-0.1, -0.05) is 12.1 Å². The number of carbonyl (C=O) groups is 2. The summed E-state index contributed by atoms with van der Waals surface area (Å²) in [5.41, 5.74) is 4.09. The molecule has 1 aromatic carbocycles. The van der Waals surface area contributed by atoms with Crippen molar-refractivity contribution in [2.75, 3.05) is 26.5 Å². The number of amides is 2. The van der Waals surface area contributed by atoms with Crippen LogP contribution >= 0.6 is 0 Å². The average molecular weight is 251 g/mol. The van der Waals surface area contributed by atoms with Gasteiger partial charge in [-0.2, -0.15) is 0 Å². The fourth-order valence-corrected chi connectivity index (χ4v) is 1.46. The van der Waals surface area contributed by atoms with Crippen LogP contribution in [0.4, 0.5) is 10.5 Å². The third kappa shape index (κ3) is 3.46. The standard InChI is InChI=1S/C12H17N3O3/c1-8-6-5-7-9(11(16)18-4)10(8)13-12(17)14-15(2)3/h5-7H,1-4H3,(H2,13,14,17). The first-order chi connectivity index (χ1) is 8.45. The molecule has 0 fully saturated rings. The molecule has 2 N–H and O–H groups in total. The number of esters is 1. The lowest BCUT2D eigenvalue weighted by Gasteiger charge is -2.16. The number of benzene rings is 1. The van der Waals surface area contributed by atoms with Crippen LogP contribution in [-0.2, 0) is 4.74 Å². The second-order valence-electron chi connectivity index (χ2n) is 3.95. The van der Waals surface area contributed by atoms with E-state index in [0.717, 1.165) is 5.56 Å². The first kappa shape index (κ1) is 14.0. The van der Waals surface area contributed by atoms with E-state index in [-0.39, 0.29) is 0 Å². The van der Waals surface area contributed by atoms with E-state index < -0.39 is 12.0 Å². The summed E-state index contributed by atoms with van der Waals surface area (Å²) in [5, 5.41) is 4.14. The molecule has 1 rings (SSSR count). The maximum absolute atomic E-state index is 11.6. The van der Waals surface area contributed by atoms with E-state index in [0.29, 0.717) is 11.3 Å². The molecular weight excluding hydrogens is 234 g/mol. The van der Waals surface area contributed by atoms with Gasteiger partial charge in [0.1, 0.15) is 0 Å². The Morgan fingerprint density at radius 2 is 1.94 bits per heavy atom. The summed E-state index contributed by atoms with van der Waals surface area (Å²) >= 11 is 0. The third-order valence-corrected chi connectivity index (χ3v) is 2.24. The van der Waals surface area contributed by atoms with Gasteiger partial charge < -0.3 is 10.1 Å². The molecule has 0 saturated carbocycles. The Bertz CT molecular complexity index is 458. The number of ether oxygens (including phenoxy) is 1. The molecule has 0 spiro atoms. The van der Waals surface area contributed by atoms with Crippen molar-refractivity contribution in [2.24, 2.45) is 0 Å². The molecule has 0 bridgehead atoms. The largest absolute Gasteiger partial charge is 0.465 e. The lowest BCUT2D eigenvalue weighted by Crippen LogP contribution is -2.39. The molecule has 18 heavy (non-hydrogen) atoms. The molecule has 0 aromatic heterocycles. The Morgan fingerprint density at radius 3 is 2.50 bits per heavy atom. The number of carbonyl (C=O) groups excluding carboxylic acids is 2. The number of nitrogens with one attached hydrogen (secondary N) is 2. The summed E-state index contributed by atoms with van der Waals surface area (Å²) in [6.07, 6.45) is 0. The average Bonchev–Trinajstić information content (AvgIpc) is 2.29. The van der Waals surface area contributed by atoms with E-state index in [4.69, 9.17) is 0 Å². The molecule has 98 valence electrons. The minimum atomic E-state index is -0.487. The number of rotatable bonds is 3. The fraction of sp³-hybridized carbons (Fsp3) is 0.333. The van der Waals surface area contributed by atoms with Crippen LogP contribution in [0.15, 0.2) is 18.2 Å². The SMILES string of the molecule is COC(=O)c1cccc(C)c1NC(=O)NN(C)C. The Kier molecular flexibility index (Phi) is 4.67. The highest BCUT2D eigenvalue weighted by molar-refractivity contribution is 6.01. The number of anilines is 1. The van der Waals surface area contributed by atoms with E-state index >= 15 is 0 Å². The molecule has 2 amide bonds. The maximum Gasteiger partial charge on any atom is 0.339 e. The summed E-state index contributed by atoms with van der Waals surface area (Å²) < 4.78 is 4.67. The topological polar surface area (TPSA) is 70.7 Å². The molecular formula is C12H17N3O3. The van der Waals surface area contributed by atoms with Crippen LogP contribution in [0.1, 0.15) is 15.9 Å². The zero-order chi connectivity index (χ0) is 13.7. The van der Waals surface area contributed by atoms with Crippen LogP contribution < -0.4 is 10.7 Å². The van der Waals surface area contributed by atoms with Crippen LogP contribution in [0, 0.1) is 6.92 Å². The van der Waals surface area contributed by atoms with Gasteiger partial charge >= 0.3 is 12.0 Å². The van der Waals surface area contributed by atoms with Crippen LogP contribution in [0.3, 0.4) is 0 Å². The van der Waals surface area contributed by atoms with Gasteiger partial charge in [0.25, 0.3) is 0 Å². The molecule has 0 radical (unpaired) electrons. The molecule has 0 aliphatic heterocycles. The van der Waals surface area contributed by atoms with Gasteiger partial charge in [-0.25, -0.2) is 14.6 Å². The molecule has 6 nitrogen and oxygen atoms in total. The summed E-state index contributed by atoms with van der Waals surface area (Å²) in [6, 6.07) is 4.72. The van der Waals surface area contributed by atoms with Crippen molar-refractivity contribution in [1.82, 2.24) is 10.4 Å². The Morgan fingerprint density at radius 1 is 1.28 bits per heavy atom. The third-order valence-electron chi connectivity index (χ3n) is 2.24. The van der Waals surface area contributed by atoms with Gasteiger partial charge in [-0.05, 0) is 18.6 Å². The van der Waals surface area contributed by atoms with Crippen molar-refractivity contribution in [2.45, 2.75) is 6.92 Å². The van der Waals surface area contributed by atoms with E-state index in [2.05, 4.69) is 15.5 Å². The van der Waals surface area contributed by atoms with Crippen LogP contribution in [0.25, 0.3) is 0 Å². The van der Waals surface area contributed by atoms with Gasteiger partial charge in [0.2, 0.25) is 0 Å². The maximum atomic E-state index is 11.6. The second kappa shape index (κ2) is 6.02. The van der Waals surface area contributed by atoms with Gasteiger partial charge in [0.05, 0.1) is 18.4 Å². The number of hydrogen-bond acceptors (Lipinski definition) is 4. The number of aryl methyl sites for hydroxylation is 1. The normalized spacial score (nSPS) is 10.1. The van der Waals surface area contributed by atoms with E-state index in [1.807, 2.05) is 0 Å².